The number of hydrogen-bond acceptors (Lipinski definition) is 4. The molecule has 4 heteroatoms. The molecule has 0 aromatic heterocycles. The zero-order chi connectivity index (χ0) is 13.5. The first-order chi connectivity index (χ1) is 8.58. The van der Waals surface area contributed by atoms with E-state index in [0.717, 1.165) is 24.0 Å². The lowest BCUT2D eigenvalue weighted by Crippen LogP contribution is -2.05. The molecule has 0 spiro atoms. The third-order valence-electron chi connectivity index (χ3n) is 2.68. The maximum Gasteiger partial charge on any atom is 0.305 e. The number of aryl methyl sites for hydroxylation is 2. The molecule has 0 aliphatic rings. The molecule has 0 aliphatic carbocycles. The van der Waals surface area contributed by atoms with Crippen LogP contribution in [0.2, 0.25) is 0 Å². The molecule has 1 aromatic rings. The third-order valence-corrected chi connectivity index (χ3v) is 2.68. The molecule has 0 saturated heterocycles. The molecule has 4 nitrogen and oxygen atoms in total. The quantitative estimate of drug-likeness (QED) is 0.623. The highest BCUT2D eigenvalue weighted by atomic mass is 16.5. The van der Waals surface area contributed by atoms with Crippen molar-refractivity contribution in [2.75, 3.05) is 19.5 Å². The maximum absolute atomic E-state index is 11.2. The van der Waals surface area contributed by atoms with E-state index in [9.17, 15) is 4.79 Å². The van der Waals surface area contributed by atoms with Gasteiger partial charge < -0.3 is 15.2 Å². The zero-order valence-electron chi connectivity index (χ0n) is 11.3. The van der Waals surface area contributed by atoms with Crippen molar-refractivity contribution in [1.29, 1.82) is 0 Å². The number of carbonyl (C=O) groups is 1. The summed E-state index contributed by atoms with van der Waals surface area (Å²) in [6, 6.07) is 3.92. The molecule has 0 atom stereocenters. The average molecular weight is 251 g/mol. The number of anilines is 1. The largest absolute Gasteiger partial charge is 0.494 e. The first kappa shape index (κ1) is 14.4. The summed E-state index contributed by atoms with van der Waals surface area (Å²) in [5.41, 5.74) is 8.68. The molecule has 0 radical (unpaired) electrons. The van der Waals surface area contributed by atoms with Gasteiger partial charge in [0.25, 0.3) is 0 Å². The number of hydrogen-bond donors (Lipinski definition) is 1. The van der Waals surface area contributed by atoms with Crippen LogP contribution in [0.15, 0.2) is 12.1 Å². The van der Waals surface area contributed by atoms with Crippen LogP contribution in [0.25, 0.3) is 0 Å². The smallest absolute Gasteiger partial charge is 0.305 e. The number of nitrogen functional groups attached to an aromatic ring is 1. The van der Waals surface area contributed by atoms with Crippen LogP contribution in [0.1, 0.15) is 30.9 Å². The Kier molecular flexibility index (Phi) is 5.49. The summed E-state index contributed by atoms with van der Waals surface area (Å²) in [7, 11) is 1.61. The lowest BCUT2D eigenvalue weighted by Gasteiger charge is -2.12. The van der Waals surface area contributed by atoms with Gasteiger partial charge in [-0.3, -0.25) is 4.79 Å². The third kappa shape index (κ3) is 3.95. The molecule has 100 valence electrons. The summed E-state index contributed by atoms with van der Waals surface area (Å²) in [6.45, 7) is 4.23. The molecule has 0 aliphatic heterocycles. The van der Waals surface area contributed by atoms with E-state index in [1.165, 1.54) is 0 Å². The van der Waals surface area contributed by atoms with E-state index in [1.54, 1.807) is 7.11 Å². The highest BCUT2D eigenvalue weighted by Crippen LogP contribution is 2.29. The van der Waals surface area contributed by atoms with E-state index in [1.807, 2.05) is 26.0 Å². The van der Waals surface area contributed by atoms with Crippen molar-refractivity contribution >= 4 is 11.7 Å². The van der Waals surface area contributed by atoms with Crippen LogP contribution in [0, 0.1) is 6.92 Å². The predicted octanol–water partition coefficient (Wildman–Crippen LogP) is 2.47. The minimum absolute atomic E-state index is 0.155. The number of carbonyl (C=O) groups excluding carboxylic acids is 1. The van der Waals surface area contributed by atoms with Gasteiger partial charge in [-0.25, -0.2) is 0 Å². The van der Waals surface area contributed by atoms with Crippen LogP contribution in [-0.4, -0.2) is 19.7 Å². The first-order valence-electron chi connectivity index (χ1n) is 6.17. The second-order valence-electron chi connectivity index (χ2n) is 4.21. The number of nitrogens with two attached hydrogens (primary N) is 1. The van der Waals surface area contributed by atoms with Crippen molar-refractivity contribution < 1.29 is 14.3 Å². The van der Waals surface area contributed by atoms with Crippen molar-refractivity contribution in [2.24, 2.45) is 0 Å². The number of benzene rings is 1. The Hall–Kier alpha value is -1.71. The van der Waals surface area contributed by atoms with Crippen LogP contribution in [0.5, 0.6) is 5.75 Å². The second kappa shape index (κ2) is 6.89. The van der Waals surface area contributed by atoms with E-state index in [2.05, 4.69) is 0 Å². The summed E-state index contributed by atoms with van der Waals surface area (Å²) < 4.78 is 10.2. The molecular weight excluding hydrogens is 230 g/mol. The fourth-order valence-corrected chi connectivity index (χ4v) is 1.97. The Morgan fingerprint density at radius 2 is 2.11 bits per heavy atom. The van der Waals surface area contributed by atoms with Crippen LogP contribution < -0.4 is 10.5 Å². The van der Waals surface area contributed by atoms with Gasteiger partial charge in [-0.2, -0.15) is 0 Å². The van der Waals surface area contributed by atoms with Gasteiger partial charge in [0.15, 0.2) is 0 Å². The topological polar surface area (TPSA) is 61.5 Å². The van der Waals surface area contributed by atoms with E-state index < -0.39 is 0 Å². The number of methoxy groups -OCH3 is 1. The van der Waals surface area contributed by atoms with Crippen LogP contribution >= 0.6 is 0 Å². The first-order valence-corrected chi connectivity index (χ1v) is 6.17. The van der Waals surface area contributed by atoms with Crippen molar-refractivity contribution in [1.82, 2.24) is 0 Å². The molecule has 0 amide bonds. The van der Waals surface area contributed by atoms with E-state index in [-0.39, 0.29) is 5.97 Å². The summed E-state index contributed by atoms with van der Waals surface area (Å²) in [5.74, 6) is 0.557. The van der Waals surface area contributed by atoms with Crippen molar-refractivity contribution in [3.8, 4) is 5.75 Å². The number of esters is 1. The molecule has 0 fully saturated rings. The minimum atomic E-state index is -0.155. The fraction of sp³-hybridized carbons (Fsp3) is 0.500. The molecule has 18 heavy (non-hydrogen) atoms. The molecule has 2 N–H and O–H groups in total. The van der Waals surface area contributed by atoms with Gasteiger partial charge in [0.1, 0.15) is 5.75 Å². The lowest BCUT2D eigenvalue weighted by molar-refractivity contribution is -0.143. The standard InChI is InChI=1S/C14H21NO3/c1-4-18-13(16)7-5-6-11-8-10(2)9-12(15)14(11)17-3/h8-9H,4-7,15H2,1-3H3. The average Bonchev–Trinajstić information content (AvgIpc) is 2.28. The van der Waals surface area contributed by atoms with Gasteiger partial charge in [0.05, 0.1) is 19.4 Å². The van der Waals surface area contributed by atoms with Gasteiger partial charge in [0.2, 0.25) is 0 Å². The lowest BCUT2D eigenvalue weighted by atomic mass is 10.0. The summed E-state index contributed by atoms with van der Waals surface area (Å²) in [5, 5.41) is 0. The molecule has 0 bridgehead atoms. The van der Waals surface area contributed by atoms with E-state index in [4.69, 9.17) is 15.2 Å². The fourth-order valence-electron chi connectivity index (χ4n) is 1.97. The Balaban J connectivity index is 2.64. The Morgan fingerprint density at radius 1 is 1.39 bits per heavy atom. The molecule has 0 unspecified atom stereocenters. The highest BCUT2D eigenvalue weighted by Gasteiger charge is 2.09. The van der Waals surface area contributed by atoms with Crippen LogP contribution in [-0.2, 0) is 16.0 Å². The van der Waals surface area contributed by atoms with Crippen molar-refractivity contribution in [3.05, 3.63) is 23.3 Å². The molecule has 0 saturated carbocycles. The van der Waals surface area contributed by atoms with Gasteiger partial charge >= 0.3 is 5.97 Å². The highest BCUT2D eigenvalue weighted by molar-refractivity contribution is 5.69. The van der Waals surface area contributed by atoms with Crippen molar-refractivity contribution in [2.45, 2.75) is 33.1 Å². The number of rotatable bonds is 6. The Morgan fingerprint density at radius 3 is 2.72 bits per heavy atom. The maximum atomic E-state index is 11.2. The molecule has 0 heterocycles. The predicted molar refractivity (Wildman–Crippen MR) is 71.7 cm³/mol. The SMILES string of the molecule is CCOC(=O)CCCc1cc(C)cc(N)c1OC. The molecule has 1 rings (SSSR count). The molecule has 1 aromatic carbocycles. The summed E-state index contributed by atoms with van der Waals surface area (Å²) in [4.78, 5) is 11.2. The Labute approximate surface area is 108 Å². The van der Waals surface area contributed by atoms with Gasteiger partial charge in [0, 0.05) is 6.42 Å². The van der Waals surface area contributed by atoms with Crippen LogP contribution in [0.4, 0.5) is 5.69 Å². The van der Waals surface area contributed by atoms with Gasteiger partial charge in [-0.05, 0) is 43.9 Å². The Bertz CT molecular complexity index is 416. The normalized spacial score (nSPS) is 10.2. The minimum Gasteiger partial charge on any atom is -0.494 e. The summed E-state index contributed by atoms with van der Waals surface area (Å²) >= 11 is 0. The van der Waals surface area contributed by atoms with E-state index >= 15 is 0 Å². The monoisotopic (exact) mass is 251 g/mol. The zero-order valence-corrected chi connectivity index (χ0v) is 11.3. The van der Waals surface area contributed by atoms with Crippen molar-refractivity contribution in [3.63, 3.8) is 0 Å². The number of ether oxygens (including phenoxy) is 2. The summed E-state index contributed by atoms with van der Waals surface area (Å²) in [6.07, 6.45) is 1.91. The van der Waals surface area contributed by atoms with Crippen LogP contribution in [0.3, 0.4) is 0 Å². The van der Waals surface area contributed by atoms with E-state index in [0.29, 0.717) is 24.5 Å². The van der Waals surface area contributed by atoms with Gasteiger partial charge in [-0.15, -0.1) is 0 Å². The van der Waals surface area contributed by atoms with Gasteiger partial charge in [-0.1, -0.05) is 6.07 Å². The molecular formula is C14H21NO3. The second-order valence-corrected chi connectivity index (χ2v) is 4.21.